The van der Waals surface area contributed by atoms with E-state index in [2.05, 4.69) is 25.6 Å². The number of nitrogens with one attached hydrogen (secondary N) is 2. The summed E-state index contributed by atoms with van der Waals surface area (Å²) < 4.78 is 43.7. The molecule has 0 amide bonds. The van der Waals surface area contributed by atoms with Gasteiger partial charge in [0.05, 0.1) is 18.8 Å². The molecule has 0 aliphatic carbocycles. The molecular weight excluding hydrogens is 437 g/mol. The second kappa shape index (κ2) is 8.41. The van der Waals surface area contributed by atoms with Gasteiger partial charge in [-0.25, -0.2) is 9.97 Å². The molecule has 176 valence electrons. The lowest BCUT2D eigenvalue weighted by Gasteiger charge is -2.27. The van der Waals surface area contributed by atoms with Crippen LogP contribution in [0.15, 0.2) is 18.3 Å². The zero-order chi connectivity index (χ0) is 23.2. The van der Waals surface area contributed by atoms with E-state index in [1.54, 1.807) is 10.9 Å². The fourth-order valence-corrected chi connectivity index (χ4v) is 4.47. The Bertz CT molecular complexity index is 1160. The summed E-state index contributed by atoms with van der Waals surface area (Å²) in [4.78, 5) is 16.2. The second-order valence-corrected chi connectivity index (χ2v) is 8.54. The van der Waals surface area contributed by atoms with Crippen LogP contribution in [0.4, 0.5) is 30.8 Å². The average Bonchev–Trinajstić information content (AvgIpc) is 3.46. The number of halogens is 3. The molecule has 2 fully saturated rings. The molecule has 2 aliphatic rings. The first-order chi connectivity index (χ1) is 15.8. The van der Waals surface area contributed by atoms with Crippen LogP contribution in [0, 0.1) is 13.8 Å². The van der Waals surface area contributed by atoms with Gasteiger partial charge in [-0.05, 0) is 38.0 Å². The maximum atomic E-state index is 12.4. The first kappa shape index (κ1) is 21.8. The van der Waals surface area contributed by atoms with Crippen LogP contribution in [0.5, 0.6) is 0 Å². The quantitative estimate of drug-likeness (QED) is 0.518. The lowest BCUT2D eigenvalue weighted by Crippen LogP contribution is -2.44. The number of aromatic nitrogens is 5. The van der Waals surface area contributed by atoms with Gasteiger partial charge in [0, 0.05) is 31.4 Å². The van der Waals surface area contributed by atoms with Crippen LogP contribution in [0.1, 0.15) is 17.7 Å². The fraction of sp³-hybridized carbons (Fsp3) is 0.524. The number of fused-ring (bicyclic) bond motifs is 3. The predicted octanol–water partition coefficient (Wildman–Crippen LogP) is 2.71. The lowest BCUT2D eigenvalue weighted by molar-refractivity contribution is -0.174. The van der Waals surface area contributed by atoms with Gasteiger partial charge in [0.2, 0.25) is 5.95 Å². The Kier molecular flexibility index (Phi) is 5.57. The Hall–Kier alpha value is -2.99. The van der Waals surface area contributed by atoms with E-state index in [9.17, 15) is 13.2 Å². The number of piperazine rings is 1. The van der Waals surface area contributed by atoms with E-state index < -0.39 is 12.8 Å². The predicted molar refractivity (Wildman–Crippen MR) is 117 cm³/mol. The van der Waals surface area contributed by atoms with Gasteiger partial charge in [0.15, 0.2) is 5.82 Å². The zero-order valence-electron chi connectivity index (χ0n) is 18.4. The van der Waals surface area contributed by atoms with Crippen LogP contribution < -0.4 is 15.5 Å². The minimum absolute atomic E-state index is 0.136. The van der Waals surface area contributed by atoms with Gasteiger partial charge in [-0.1, -0.05) is 0 Å². The highest BCUT2D eigenvalue weighted by molar-refractivity contribution is 5.90. The Morgan fingerprint density at radius 2 is 2.12 bits per heavy atom. The van der Waals surface area contributed by atoms with Crippen molar-refractivity contribution < 1.29 is 17.9 Å². The number of hydrogen-bond donors (Lipinski definition) is 2. The number of hydrogen-bond acceptors (Lipinski definition) is 8. The molecule has 0 radical (unpaired) electrons. The number of anilines is 3. The highest BCUT2D eigenvalue weighted by Gasteiger charge is 2.39. The standard InChI is InChI=1S/C21H25F3N8O/c1-12-3-4-25-16(7-12)27-19-18-17(13(2)30-32(18)5-6-33-11-21(22,23)24)28-20(29-19)31-10-14-8-15(31)9-26-14/h3-4,7,14-15,26H,5-6,8-11H2,1-2H3,(H,25,27,28,29)/t14?,15-/m0/s1. The Balaban J connectivity index is 1.50. The average molecular weight is 462 g/mol. The van der Waals surface area contributed by atoms with E-state index in [0.717, 1.165) is 25.1 Å². The molecule has 0 saturated carbocycles. The van der Waals surface area contributed by atoms with E-state index in [-0.39, 0.29) is 13.2 Å². The molecule has 12 heteroatoms. The minimum atomic E-state index is -4.37. The summed E-state index contributed by atoms with van der Waals surface area (Å²) in [7, 11) is 0. The normalized spacial score (nSPS) is 20.2. The largest absolute Gasteiger partial charge is 0.411 e. The minimum Gasteiger partial charge on any atom is -0.370 e. The van der Waals surface area contributed by atoms with Gasteiger partial charge in [0.1, 0.15) is 23.5 Å². The van der Waals surface area contributed by atoms with Crippen molar-refractivity contribution in [1.29, 1.82) is 0 Å². The summed E-state index contributed by atoms with van der Waals surface area (Å²) in [6.45, 7) is 4.22. The fourth-order valence-electron chi connectivity index (χ4n) is 4.47. The van der Waals surface area contributed by atoms with Crippen molar-refractivity contribution in [3.8, 4) is 0 Å². The number of rotatable bonds is 7. The van der Waals surface area contributed by atoms with Gasteiger partial charge in [-0.15, -0.1) is 0 Å². The third kappa shape index (κ3) is 4.58. The molecule has 2 saturated heterocycles. The first-order valence-corrected chi connectivity index (χ1v) is 10.9. The number of nitrogens with zero attached hydrogens (tertiary/aromatic N) is 6. The summed E-state index contributed by atoms with van der Waals surface area (Å²) in [5.41, 5.74) is 2.97. The van der Waals surface area contributed by atoms with Gasteiger partial charge in [-0.2, -0.15) is 23.3 Å². The Morgan fingerprint density at radius 3 is 2.82 bits per heavy atom. The maximum absolute atomic E-state index is 12.4. The highest BCUT2D eigenvalue weighted by atomic mass is 19.4. The van der Waals surface area contributed by atoms with Crippen LogP contribution in [-0.2, 0) is 11.3 Å². The van der Waals surface area contributed by atoms with Crippen molar-refractivity contribution in [2.24, 2.45) is 0 Å². The van der Waals surface area contributed by atoms with E-state index in [1.807, 2.05) is 26.0 Å². The SMILES string of the molecule is Cc1ccnc(Nc2nc(N3CC4C[C@H]3CN4)nc3c(C)nn(CCOCC(F)(F)F)c23)c1. The molecule has 2 atom stereocenters. The molecule has 5 heterocycles. The maximum Gasteiger partial charge on any atom is 0.411 e. The Morgan fingerprint density at radius 1 is 1.27 bits per heavy atom. The number of alkyl halides is 3. The summed E-state index contributed by atoms with van der Waals surface area (Å²) >= 11 is 0. The van der Waals surface area contributed by atoms with E-state index in [4.69, 9.17) is 14.7 Å². The highest BCUT2D eigenvalue weighted by Crippen LogP contribution is 2.32. The third-order valence-electron chi connectivity index (χ3n) is 5.93. The molecule has 9 nitrogen and oxygen atoms in total. The molecule has 3 aromatic heterocycles. The van der Waals surface area contributed by atoms with Gasteiger partial charge in [0.25, 0.3) is 0 Å². The monoisotopic (exact) mass is 462 g/mol. The Labute approximate surface area is 188 Å². The van der Waals surface area contributed by atoms with Gasteiger partial charge in [-0.3, -0.25) is 4.68 Å². The summed E-state index contributed by atoms with van der Waals surface area (Å²) in [5.74, 6) is 1.74. The molecule has 1 unspecified atom stereocenters. The lowest BCUT2D eigenvalue weighted by atomic mass is 10.2. The van der Waals surface area contributed by atoms with Gasteiger partial charge >= 0.3 is 6.18 Å². The molecule has 0 aromatic carbocycles. The molecule has 2 N–H and O–H groups in total. The first-order valence-electron chi connectivity index (χ1n) is 10.9. The third-order valence-corrected chi connectivity index (χ3v) is 5.93. The van der Waals surface area contributed by atoms with Crippen molar-refractivity contribution >= 4 is 28.6 Å². The van der Waals surface area contributed by atoms with Crippen molar-refractivity contribution in [2.45, 2.75) is 45.1 Å². The zero-order valence-corrected chi connectivity index (χ0v) is 18.4. The van der Waals surface area contributed by atoms with Crippen molar-refractivity contribution in [3.63, 3.8) is 0 Å². The summed E-state index contributed by atoms with van der Waals surface area (Å²) in [6, 6.07) is 4.56. The van der Waals surface area contributed by atoms with Crippen LogP contribution in [-0.4, -0.2) is 69.3 Å². The topological polar surface area (TPSA) is 93.0 Å². The molecule has 2 bridgehead atoms. The number of pyridine rings is 1. The molecule has 5 rings (SSSR count). The van der Waals surface area contributed by atoms with Crippen molar-refractivity contribution in [2.75, 3.05) is 36.5 Å². The molecule has 3 aromatic rings. The van der Waals surface area contributed by atoms with E-state index in [1.165, 1.54) is 0 Å². The van der Waals surface area contributed by atoms with Crippen molar-refractivity contribution in [3.05, 3.63) is 29.6 Å². The molecule has 0 spiro atoms. The van der Waals surface area contributed by atoms with Crippen LogP contribution in [0.2, 0.25) is 0 Å². The second-order valence-electron chi connectivity index (χ2n) is 8.54. The molecule has 2 aliphatic heterocycles. The van der Waals surface area contributed by atoms with Crippen LogP contribution in [0.3, 0.4) is 0 Å². The number of ether oxygens (including phenoxy) is 1. The summed E-state index contributed by atoms with van der Waals surface area (Å²) in [6.07, 6.45) is -1.61. The van der Waals surface area contributed by atoms with Crippen LogP contribution >= 0.6 is 0 Å². The van der Waals surface area contributed by atoms with E-state index >= 15 is 0 Å². The summed E-state index contributed by atoms with van der Waals surface area (Å²) in [5, 5.41) is 11.3. The van der Waals surface area contributed by atoms with E-state index in [0.29, 0.717) is 46.4 Å². The van der Waals surface area contributed by atoms with Crippen LogP contribution in [0.25, 0.3) is 11.0 Å². The molecular formula is C21H25F3N8O. The number of aryl methyl sites for hydroxylation is 2. The smallest absolute Gasteiger partial charge is 0.370 e. The van der Waals surface area contributed by atoms with Gasteiger partial charge < -0.3 is 20.3 Å². The van der Waals surface area contributed by atoms with Crippen molar-refractivity contribution in [1.82, 2.24) is 30.0 Å². The molecule has 33 heavy (non-hydrogen) atoms.